The summed E-state index contributed by atoms with van der Waals surface area (Å²) < 4.78 is 5.66. The fourth-order valence-electron chi connectivity index (χ4n) is 4.15. The molecule has 0 N–H and O–H groups in total. The lowest BCUT2D eigenvalue weighted by Crippen LogP contribution is -2.39. The Hall–Kier alpha value is -3.29. The Balaban J connectivity index is 1.50. The zero-order valence-corrected chi connectivity index (χ0v) is 19.9. The highest BCUT2D eigenvalue weighted by Gasteiger charge is 2.28. The van der Waals surface area contributed by atoms with Crippen LogP contribution in [0.15, 0.2) is 40.9 Å². The molecule has 3 heterocycles. The first-order chi connectivity index (χ1) is 15.9. The van der Waals surface area contributed by atoms with Gasteiger partial charge in [-0.05, 0) is 18.4 Å². The van der Waals surface area contributed by atoms with Gasteiger partial charge in [-0.2, -0.15) is 0 Å². The van der Waals surface area contributed by atoms with Gasteiger partial charge >= 0.3 is 0 Å². The Bertz CT molecular complexity index is 1080. The van der Waals surface area contributed by atoms with E-state index in [2.05, 4.69) is 27.3 Å². The Labute approximate surface area is 195 Å². The standard InChI is InChI=1S/C25H32N6O2/c1-17(2)24-29-28-21(33-24)12-13-22(32)31-14-8-11-19(16-31)23-20(18-9-6-5-7-10-18)15-26-25(27-23)30(3)4/h5-7,9-10,15,17,19H,8,11-14,16H2,1-4H3/t19-/m0/s1. The molecule has 1 aliphatic heterocycles. The molecule has 0 unspecified atom stereocenters. The summed E-state index contributed by atoms with van der Waals surface area (Å²) in [6, 6.07) is 10.2. The van der Waals surface area contributed by atoms with Crippen LogP contribution in [0.25, 0.3) is 11.1 Å². The molecular formula is C25H32N6O2. The van der Waals surface area contributed by atoms with Crippen LogP contribution in [-0.4, -0.2) is 58.2 Å². The minimum absolute atomic E-state index is 0.118. The van der Waals surface area contributed by atoms with Gasteiger partial charge in [0.05, 0.1) is 5.69 Å². The molecule has 1 atom stereocenters. The molecule has 8 nitrogen and oxygen atoms in total. The lowest BCUT2D eigenvalue weighted by Gasteiger charge is -2.33. The van der Waals surface area contributed by atoms with Crippen LogP contribution in [0, 0.1) is 0 Å². The molecule has 0 radical (unpaired) electrons. The maximum absolute atomic E-state index is 13.0. The average Bonchev–Trinajstić information content (AvgIpc) is 3.32. The third kappa shape index (κ3) is 5.38. The van der Waals surface area contributed by atoms with Crippen LogP contribution in [0.1, 0.15) is 62.4 Å². The number of rotatable bonds is 7. The van der Waals surface area contributed by atoms with Crippen LogP contribution < -0.4 is 4.90 Å². The third-order valence-electron chi connectivity index (χ3n) is 5.98. The van der Waals surface area contributed by atoms with E-state index >= 15 is 0 Å². The molecule has 33 heavy (non-hydrogen) atoms. The number of nitrogens with zero attached hydrogens (tertiary/aromatic N) is 6. The number of piperidine rings is 1. The lowest BCUT2D eigenvalue weighted by molar-refractivity contribution is -0.132. The van der Waals surface area contributed by atoms with Crippen molar-refractivity contribution in [1.82, 2.24) is 25.1 Å². The van der Waals surface area contributed by atoms with E-state index in [-0.39, 0.29) is 17.7 Å². The van der Waals surface area contributed by atoms with Crippen molar-refractivity contribution in [2.45, 2.75) is 51.4 Å². The van der Waals surface area contributed by atoms with Gasteiger partial charge in [-0.1, -0.05) is 44.2 Å². The zero-order valence-electron chi connectivity index (χ0n) is 19.9. The average molecular weight is 449 g/mol. The van der Waals surface area contributed by atoms with Gasteiger partial charge in [0, 0.05) is 63.6 Å². The number of carbonyl (C=O) groups is 1. The van der Waals surface area contributed by atoms with E-state index in [0.717, 1.165) is 36.2 Å². The van der Waals surface area contributed by atoms with E-state index in [9.17, 15) is 4.79 Å². The predicted molar refractivity (Wildman–Crippen MR) is 127 cm³/mol. The summed E-state index contributed by atoms with van der Waals surface area (Å²) >= 11 is 0. The quantitative estimate of drug-likeness (QED) is 0.539. The molecule has 1 aliphatic rings. The number of carbonyl (C=O) groups excluding carboxylic acids is 1. The topological polar surface area (TPSA) is 88.3 Å². The van der Waals surface area contributed by atoms with Crippen LogP contribution in [0.5, 0.6) is 0 Å². The van der Waals surface area contributed by atoms with Gasteiger partial charge in [-0.15, -0.1) is 10.2 Å². The van der Waals surface area contributed by atoms with E-state index in [1.54, 1.807) is 0 Å². The Morgan fingerprint density at radius 2 is 2.00 bits per heavy atom. The first-order valence-corrected chi connectivity index (χ1v) is 11.6. The second-order valence-corrected chi connectivity index (χ2v) is 9.10. The van der Waals surface area contributed by atoms with Gasteiger partial charge in [0.2, 0.25) is 23.6 Å². The fraction of sp³-hybridized carbons (Fsp3) is 0.480. The van der Waals surface area contributed by atoms with Crippen molar-refractivity contribution in [3.8, 4) is 11.1 Å². The summed E-state index contributed by atoms with van der Waals surface area (Å²) in [6.45, 7) is 5.44. The van der Waals surface area contributed by atoms with Crippen LogP contribution in [0.4, 0.5) is 5.95 Å². The van der Waals surface area contributed by atoms with Crippen molar-refractivity contribution in [3.05, 3.63) is 54.0 Å². The first kappa shape index (κ1) is 22.9. The summed E-state index contributed by atoms with van der Waals surface area (Å²) in [6.07, 6.45) is 4.69. The summed E-state index contributed by atoms with van der Waals surface area (Å²) in [7, 11) is 3.89. The normalized spacial score (nSPS) is 16.3. The van der Waals surface area contributed by atoms with E-state index in [4.69, 9.17) is 9.40 Å². The van der Waals surface area contributed by atoms with Crippen molar-refractivity contribution in [3.63, 3.8) is 0 Å². The summed E-state index contributed by atoms with van der Waals surface area (Å²) in [5.41, 5.74) is 3.14. The van der Waals surface area contributed by atoms with Gasteiger partial charge < -0.3 is 14.2 Å². The highest BCUT2D eigenvalue weighted by atomic mass is 16.4. The third-order valence-corrected chi connectivity index (χ3v) is 5.98. The van der Waals surface area contributed by atoms with Gasteiger partial charge in [-0.25, -0.2) is 9.97 Å². The van der Waals surface area contributed by atoms with Crippen LogP contribution >= 0.6 is 0 Å². The Kier molecular flexibility index (Phi) is 7.01. The molecule has 8 heteroatoms. The molecule has 174 valence electrons. The number of hydrogen-bond donors (Lipinski definition) is 0. The monoisotopic (exact) mass is 448 g/mol. The molecule has 3 aromatic rings. The fourth-order valence-corrected chi connectivity index (χ4v) is 4.15. The van der Waals surface area contributed by atoms with Gasteiger partial charge in [0.1, 0.15) is 0 Å². The lowest BCUT2D eigenvalue weighted by atomic mass is 9.89. The number of amides is 1. The number of aromatic nitrogens is 4. The summed E-state index contributed by atoms with van der Waals surface area (Å²) in [5.74, 6) is 2.29. The minimum Gasteiger partial charge on any atom is -0.425 e. The summed E-state index contributed by atoms with van der Waals surface area (Å²) in [4.78, 5) is 26.4. The van der Waals surface area contributed by atoms with E-state index in [1.165, 1.54) is 0 Å². The molecule has 0 saturated carbocycles. The molecule has 0 aliphatic carbocycles. The molecule has 1 amide bonds. The first-order valence-electron chi connectivity index (χ1n) is 11.6. The number of hydrogen-bond acceptors (Lipinski definition) is 7. The molecule has 1 fully saturated rings. The minimum atomic E-state index is 0.118. The van der Waals surface area contributed by atoms with Crippen molar-refractivity contribution in [1.29, 1.82) is 0 Å². The number of aryl methyl sites for hydroxylation is 1. The van der Waals surface area contributed by atoms with E-state index in [1.807, 2.05) is 62.1 Å². The van der Waals surface area contributed by atoms with Crippen molar-refractivity contribution in [2.24, 2.45) is 0 Å². The van der Waals surface area contributed by atoms with Crippen LogP contribution in [0.3, 0.4) is 0 Å². The summed E-state index contributed by atoms with van der Waals surface area (Å²) in [5, 5.41) is 8.14. The number of benzene rings is 1. The SMILES string of the molecule is CC(C)c1nnc(CCC(=O)N2CCC[C@H](c3nc(N(C)C)ncc3-c3ccccc3)C2)o1. The van der Waals surface area contributed by atoms with Crippen LogP contribution in [0.2, 0.25) is 0 Å². The molecule has 1 aromatic carbocycles. The largest absolute Gasteiger partial charge is 0.425 e. The van der Waals surface area contributed by atoms with E-state index in [0.29, 0.717) is 37.1 Å². The second kappa shape index (κ2) is 10.1. The highest BCUT2D eigenvalue weighted by Crippen LogP contribution is 2.34. The molecular weight excluding hydrogens is 416 g/mol. The van der Waals surface area contributed by atoms with Crippen molar-refractivity contribution < 1.29 is 9.21 Å². The van der Waals surface area contributed by atoms with Gasteiger partial charge in [-0.3, -0.25) is 4.79 Å². The smallest absolute Gasteiger partial charge is 0.225 e. The molecule has 0 spiro atoms. The molecule has 2 aromatic heterocycles. The molecule has 4 rings (SSSR count). The van der Waals surface area contributed by atoms with Crippen LogP contribution in [-0.2, 0) is 11.2 Å². The number of anilines is 1. The zero-order chi connectivity index (χ0) is 23.4. The Morgan fingerprint density at radius 1 is 1.21 bits per heavy atom. The van der Waals surface area contributed by atoms with Gasteiger partial charge in [0.25, 0.3) is 0 Å². The highest BCUT2D eigenvalue weighted by molar-refractivity contribution is 5.76. The second-order valence-electron chi connectivity index (χ2n) is 9.10. The predicted octanol–water partition coefficient (Wildman–Crippen LogP) is 4.05. The van der Waals surface area contributed by atoms with E-state index < -0.39 is 0 Å². The van der Waals surface area contributed by atoms with Crippen molar-refractivity contribution in [2.75, 3.05) is 32.1 Å². The molecule has 1 saturated heterocycles. The van der Waals surface area contributed by atoms with Gasteiger partial charge in [0.15, 0.2) is 0 Å². The Morgan fingerprint density at radius 3 is 2.70 bits per heavy atom. The maximum Gasteiger partial charge on any atom is 0.225 e. The number of likely N-dealkylation sites (tertiary alicyclic amines) is 1. The molecule has 0 bridgehead atoms. The maximum atomic E-state index is 13.0. The van der Waals surface area contributed by atoms with Crippen molar-refractivity contribution >= 4 is 11.9 Å².